The fraction of sp³-hybridized carbons (Fsp3) is 0.727. The Morgan fingerprint density at radius 2 is 1.67 bits per heavy atom. The predicted octanol–water partition coefficient (Wildman–Crippen LogP) is 1.29. The molecule has 106 valence electrons. The molecule has 0 saturated carbocycles. The van der Waals surface area contributed by atoms with Gasteiger partial charge in [0.1, 0.15) is 5.60 Å². The quantitative estimate of drug-likeness (QED) is 0.738. The van der Waals surface area contributed by atoms with Crippen LogP contribution in [0.25, 0.3) is 0 Å². The van der Waals surface area contributed by atoms with Crippen molar-refractivity contribution in [3.63, 3.8) is 0 Å². The molecule has 0 saturated heterocycles. The Balaban J connectivity index is 0. The highest BCUT2D eigenvalue weighted by Crippen LogP contribution is 2.04. The zero-order valence-corrected chi connectivity index (χ0v) is 11.2. The van der Waals surface area contributed by atoms with Gasteiger partial charge < -0.3 is 20.3 Å². The average molecular weight is 263 g/mol. The smallest absolute Gasteiger partial charge is 0.405 e. The number of primary amides is 1. The number of carbonyl (C=O) groups excluding carboxylic acids is 2. The maximum Gasteiger partial charge on any atom is 0.405 e. The van der Waals surface area contributed by atoms with Crippen LogP contribution in [0.4, 0.5) is 4.79 Å². The molecular formula is C11H21NO6. The minimum absolute atomic E-state index is 0.0229. The van der Waals surface area contributed by atoms with Crippen LogP contribution in [0.15, 0.2) is 0 Å². The molecule has 0 heterocycles. The first-order valence-electron chi connectivity index (χ1n) is 5.35. The normalized spacial score (nSPS) is 9.78. The molecule has 7 heteroatoms. The van der Waals surface area contributed by atoms with Crippen molar-refractivity contribution in [3.05, 3.63) is 0 Å². The van der Waals surface area contributed by atoms with Crippen molar-refractivity contribution >= 4 is 18.0 Å². The van der Waals surface area contributed by atoms with Crippen LogP contribution >= 0.6 is 0 Å². The highest BCUT2D eigenvalue weighted by molar-refractivity contribution is 5.71. The van der Waals surface area contributed by atoms with Crippen molar-refractivity contribution in [1.82, 2.24) is 0 Å². The van der Waals surface area contributed by atoms with Crippen LogP contribution in [0, 0.1) is 0 Å². The van der Waals surface area contributed by atoms with Gasteiger partial charge in [0.25, 0.3) is 0 Å². The van der Waals surface area contributed by atoms with Crippen molar-refractivity contribution in [2.24, 2.45) is 5.73 Å². The number of carboxylic acids is 1. The largest absolute Gasteiger partial charge is 0.481 e. The number of ether oxygens (including phenoxy) is 2. The first-order chi connectivity index (χ1) is 8.08. The molecule has 0 fully saturated rings. The topological polar surface area (TPSA) is 116 Å². The Morgan fingerprint density at radius 1 is 1.17 bits per heavy atom. The number of aliphatic carboxylic acids is 1. The summed E-state index contributed by atoms with van der Waals surface area (Å²) in [5, 5.41) is 8.15. The van der Waals surface area contributed by atoms with E-state index in [4.69, 9.17) is 10.8 Å². The lowest BCUT2D eigenvalue weighted by atomic mass is 10.2. The summed E-state index contributed by atoms with van der Waals surface area (Å²) in [6.07, 6.45) is -0.169. The molecule has 0 bridgehead atoms. The monoisotopic (exact) mass is 263 g/mol. The molecule has 0 aliphatic heterocycles. The second-order valence-electron chi connectivity index (χ2n) is 4.36. The summed E-state index contributed by atoms with van der Waals surface area (Å²) in [6, 6.07) is 0. The molecule has 0 rings (SSSR count). The Labute approximate surface area is 106 Å². The van der Waals surface area contributed by atoms with Crippen LogP contribution in [-0.4, -0.2) is 35.8 Å². The first-order valence-corrected chi connectivity index (χ1v) is 5.35. The van der Waals surface area contributed by atoms with E-state index in [1.165, 1.54) is 7.11 Å². The second-order valence-corrected chi connectivity index (χ2v) is 4.36. The lowest BCUT2D eigenvalue weighted by molar-refractivity contribution is -0.141. The van der Waals surface area contributed by atoms with E-state index in [0.29, 0.717) is 6.42 Å². The van der Waals surface area contributed by atoms with E-state index in [-0.39, 0.29) is 18.8 Å². The number of hydrogen-bond donors (Lipinski definition) is 2. The van der Waals surface area contributed by atoms with Crippen molar-refractivity contribution in [2.45, 2.75) is 45.6 Å². The van der Waals surface area contributed by atoms with Crippen LogP contribution in [-0.2, 0) is 19.1 Å². The molecule has 0 aliphatic rings. The average Bonchev–Trinajstić information content (AvgIpc) is 2.13. The van der Waals surface area contributed by atoms with E-state index in [0.717, 1.165) is 0 Å². The molecule has 1 amide bonds. The molecule has 0 atom stereocenters. The highest BCUT2D eigenvalue weighted by Gasteiger charge is 2.12. The summed E-state index contributed by atoms with van der Waals surface area (Å²) < 4.78 is 8.88. The standard InChI is InChI=1S/C6H10O4.C5H11NO2/c1-10-6(9)4-2-3-5(7)8;1-5(2,3)8-4(6)7/h2-4H2,1H3,(H,7,8);1-3H3,(H2,6,7). The molecular weight excluding hydrogens is 242 g/mol. The zero-order valence-electron chi connectivity index (χ0n) is 11.2. The van der Waals surface area contributed by atoms with Gasteiger partial charge in [-0.1, -0.05) is 0 Å². The Kier molecular flexibility index (Phi) is 9.56. The third kappa shape index (κ3) is 19.7. The summed E-state index contributed by atoms with van der Waals surface area (Å²) in [4.78, 5) is 30.3. The number of esters is 1. The lowest BCUT2D eigenvalue weighted by Gasteiger charge is -2.16. The SMILES string of the molecule is CC(C)(C)OC(N)=O.COC(=O)CCCC(=O)O. The van der Waals surface area contributed by atoms with Crippen molar-refractivity contribution in [2.75, 3.05) is 7.11 Å². The molecule has 0 aromatic rings. The molecule has 7 nitrogen and oxygen atoms in total. The van der Waals surface area contributed by atoms with Crippen molar-refractivity contribution in [3.8, 4) is 0 Å². The Bertz CT molecular complexity index is 282. The summed E-state index contributed by atoms with van der Waals surface area (Å²) in [5.74, 6) is -1.25. The van der Waals surface area contributed by atoms with E-state index >= 15 is 0 Å². The van der Waals surface area contributed by atoms with Gasteiger partial charge in [0.2, 0.25) is 0 Å². The van der Waals surface area contributed by atoms with Crippen LogP contribution < -0.4 is 5.73 Å². The molecule has 0 aromatic carbocycles. The molecule has 0 aromatic heterocycles. The van der Waals surface area contributed by atoms with E-state index < -0.39 is 17.7 Å². The van der Waals surface area contributed by atoms with Crippen molar-refractivity contribution < 1.29 is 29.0 Å². The summed E-state index contributed by atoms with van der Waals surface area (Å²) in [7, 11) is 1.28. The van der Waals surface area contributed by atoms with Gasteiger partial charge in [-0.3, -0.25) is 9.59 Å². The summed E-state index contributed by atoms with van der Waals surface area (Å²) >= 11 is 0. The van der Waals surface area contributed by atoms with Crippen molar-refractivity contribution in [1.29, 1.82) is 0 Å². The van der Waals surface area contributed by atoms with Gasteiger partial charge in [-0.2, -0.15) is 0 Å². The number of amides is 1. The number of hydrogen-bond acceptors (Lipinski definition) is 5. The van der Waals surface area contributed by atoms with Gasteiger partial charge in [0.05, 0.1) is 7.11 Å². The van der Waals surface area contributed by atoms with Crippen LogP contribution in [0.1, 0.15) is 40.0 Å². The molecule has 0 radical (unpaired) electrons. The fourth-order valence-corrected chi connectivity index (χ4v) is 0.788. The van der Waals surface area contributed by atoms with Gasteiger partial charge in [0.15, 0.2) is 0 Å². The number of nitrogens with two attached hydrogens (primary N) is 1. The maximum atomic E-state index is 10.4. The van der Waals surface area contributed by atoms with E-state index in [1.807, 2.05) is 0 Å². The van der Waals surface area contributed by atoms with Gasteiger partial charge in [-0.25, -0.2) is 4.79 Å². The number of carboxylic acid groups (broad SMARTS) is 1. The van der Waals surface area contributed by atoms with Crippen LogP contribution in [0.5, 0.6) is 0 Å². The molecule has 0 spiro atoms. The number of carbonyl (C=O) groups is 3. The van der Waals surface area contributed by atoms with Gasteiger partial charge in [-0.05, 0) is 27.2 Å². The first kappa shape index (κ1) is 18.6. The summed E-state index contributed by atoms with van der Waals surface area (Å²) in [6.45, 7) is 5.28. The lowest BCUT2D eigenvalue weighted by Crippen LogP contribution is -2.27. The molecule has 18 heavy (non-hydrogen) atoms. The third-order valence-electron chi connectivity index (χ3n) is 1.41. The summed E-state index contributed by atoms with van der Waals surface area (Å²) in [5.41, 5.74) is 4.26. The minimum Gasteiger partial charge on any atom is -0.481 e. The maximum absolute atomic E-state index is 10.4. The van der Waals surface area contributed by atoms with Crippen LogP contribution in [0.3, 0.4) is 0 Å². The second kappa shape index (κ2) is 9.26. The zero-order chi connectivity index (χ0) is 14.8. The van der Waals surface area contributed by atoms with Crippen LogP contribution in [0.2, 0.25) is 0 Å². The Morgan fingerprint density at radius 3 is 1.89 bits per heavy atom. The molecule has 0 aliphatic carbocycles. The number of methoxy groups -OCH3 is 1. The Hall–Kier alpha value is -1.79. The number of rotatable bonds is 4. The van der Waals surface area contributed by atoms with E-state index in [1.54, 1.807) is 20.8 Å². The highest BCUT2D eigenvalue weighted by atomic mass is 16.6. The van der Waals surface area contributed by atoms with E-state index in [9.17, 15) is 14.4 Å². The predicted molar refractivity (Wildman–Crippen MR) is 63.9 cm³/mol. The van der Waals surface area contributed by atoms with Gasteiger partial charge in [0, 0.05) is 12.8 Å². The van der Waals surface area contributed by atoms with Gasteiger partial charge >= 0.3 is 18.0 Å². The van der Waals surface area contributed by atoms with E-state index in [2.05, 4.69) is 9.47 Å². The third-order valence-corrected chi connectivity index (χ3v) is 1.41. The molecule has 3 N–H and O–H groups in total. The minimum atomic E-state index is -0.885. The van der Waals surface area contributed by atoms with Gasteiger partial charge in [-0.15, -0.1) is 0 Å². The fourth-order valence-electron chi connectivity index (χ4n) is 0.788. The molecule has 0 unspecified atom stereocenters.